The highest BCUT2D eigenvalue weighted by atomic mass is 35.5. The minimum absolute atomic E-state index is 0.0429. The van der Waals surface area contributed by atoms with E-state index in [0.29, 0.717) is 28.0 Å². The summed E-state index contributed by atoms with van der Waals surface area (Å²) in [4.78, 5) is 24.7. The summed E-state index contributed by atoms with van der Waals surface area (Å²) in [6.45, 7) is -0.418. The van der Waals surface area contributed by atoms with Crippen LogP contribution in [0.5, 0.6) is 17.2 Å². The Kier molecular flexibility index (Phi) is 8.28. The molecular formula is C19H20ClNO6S. The van der Waals surface area contributed by atoms with E-state index in [1.165, 1.54) is 33.1 Å². The third kappa shape index (κ3) is 5.97. The van der Waals surface area contributed by atoms with Crippen molar-refractivity contribution in [1.29, 1.82) is 0 Å². The molecule has 0 aliphatic carbocycles. The fourth-order valence-electron chi connectivity index (χ4n) is 2.24. The minimum Gasteiger partial charge on any atom is -0.493 e. The SMILES string of the molecule is COc1cc(NC(=O)COC(=O)CSc2ccccc2Cl)cc(OC)c1OC. The number of halogens is 1. The molecule has 7 nitrogen and oxygen atoms in total. The maximum Gasteiger partial charge on any atom is 0.316 e. The molecule has 0 atom stereocenters. The number of benzene rings is 2. The number of carbonyl (C=O) groups excluding carboxylic acids is 2. The van der Waals surface area contributed by atoms with Gasteiger partial charge in [0.25, 0.3) is 5.91 Å². The number of methoxy groups -OCH3 is 3. The lowest BCUT2D eigenvalue weighted by Crippen LogP contribution is -2.21. The van der Waals surface area contributed by atoms with Gasteiger partial charge in [-0.1, -0.05) is 23.7 Å². The smallest absolute Gasteiger partial charge is 0.316 e. The second kappa shape index (κ2) is 10.7. The molecule has 1 N–H and O–H groups in total. The Morgan fingerprint density at radius 2 is 1.68 bits per heavy atom. The molecule has 2 aromatic carbocycles. The van der Waals surface area contributed by atoms with Crippen LogP contribution >= 0.6 is 23.4 Å². The van der Waals surface area contributed by atoms with Crippen molar-refractivity contribution in [1.82, 2.24) is 0 Å². The molecule has 0 spiro atoms. The second-order valence-corrected chi connectivity index (χ2v) is 6.77. The third-order valence-electron chi connectivity index (χ3n) is 3.49. The molecular weight excluding hydrogens is 406 g/mol. The first kappa shape index (κ1) is 21.7. The number of nitrogens with one attached hydrogen (secondary N) is 1. The molecule has 0 fully saturated rings. The van der Waals surface area contributed by atoms with Crippen molar-refractivity contribution < 1.29 is 28.5 Å². The van der Waals surface area contributed by atoms with E-state index in [9.17, 15) is 9.59 Å². The van der Waals surface area contributed by atoms with E-state index in [1.54, 1.807) is 30.3 Å². The lowest BCUT2D eigenvalue weighted by Gasteiger charge is -2.14. The maximum atomic E-state index is 12.1. The zero-order valence-electron chi connectivity index (χ0n) is 15.6. The predicted octanol–water partition coefficient (Wildman–Crippen LogP) is 3.64. The van der Waals surface area contributed by atoms with E-state index < -0.39 is 18.5 Å². The molecule has 150 valence electrons. The maximum absolute atomic E-state index is 12.1. The number of carbonyl (C=O) groups is 2. The van der Waals surface area contributed by atoms with Crippen molar-refractivity contribution in [3.63, 3.8) is 0 Å². The summed E-state index contributed by atoms with van der Waals surface area (Å²) in [5, 5.41) is 3.18. The van der Waals surface area contributed by atoms with Crippen LogP contribution < -0.4 is 19.5 Å². The monoisotopic (exact) mass is 425 g/mol. The molecule has 1 amide bonds. The number of anilines is 1. The Hall–Kier alpha value is -2.58. The van der Waals surface area contributed by atoms with E-state index in [4.69, 9.17) is 30.5 Å². The molecule has 0 saturated heterocycles. The van der Waals surface area contributed by atoms with Crippen LogP contribution in [0, 0.1) is 0 Å². The van der Waals surface area contributed by atoms with Gasteiger partial charge in [0.1, 0.15) is 0 Å². The molecule has 0 radical (unpaired) electrons. The van der Waals surface area contributed by atoms with E-state index in [2.05, 4.69) is 5.32 Å². The highest BCUT2D eigenvalue weighted by Gasteiger charge is 2.15. The summed E-state index contributed by atoms with van der Waals surface area (Å²) in [5.74, 6) is 0.221. The van der Waals surface area contributed by atoms with Gasteiger partial charge in [-0.2, -0.15) is 0 Å². The van der Waals surface area contributed by atoms with Crippen molar-refractivity contribution in [3.8, 4) is 17.2 Å². The summed E-state index contributed by atoms with van der Waals surface area (Å²) < 4.78 is 20.7. The number of ether oxygens (including phenoxy) is 4. The minimum atomic E-state index is -0.523. The number of hydrogen-bond donors (Lipinski definition) is 1. The van der Waals surface area contributed by atoms with Crippen LogP contribution in [0.2, 0.25) is 5.02 Å². The van der Waals surface area contributed by atoms with Crippen molar-refractivity contribution in [2.75, 3.05) is 39.0 Å². The summed E-state index contributed by atoms with van der Waals surface area (Å²) >= 11 is 7.27. The predicted molar refractivity (Wildman–Crippen MR) is 108 cm³/mol. The van der Waals surface area contributed by atoms with Crippen LogP contribution in [0.1, 0.15) is 0 Å². The third-order valence-corrected chi connectivity index (χ3v) is 4.98. The summed E-state index contributed by atoms with van der Waals surface area (Å²) in [5.41, 5.74) is 0.418. The van der Waals surface area contributed by atoms with Gasteiger partial charge in [0, 0.05) is 22.7 Å². The molecule has 28 heavy (non-hydrogen) atoms. The van der Waals surface area contributed by atoms with Crippen molar-refractivity contribution in [2.24, 2.45) is 0 Å². The van der Waals surface area contributed by atoms with Crippen LogP contribution in [0.3, 0.4) is 0 Å². The van der Waals surface area contributed by atoms with Crippen molar-refractivity contribution in [3.05, 3.63) is 41.4 Å². The molecule has 9 heteroatoms. The number of rotatable bonds is 9. The normalized spacial score (nSPS) is 10.1. The average molecular weight is 426 g/mol. The summed E-state index contributed by atoms with van der Waals surface area (Å²) in [6.07, 6.45) is 0. The quantitative estimate of drug-likeness (QED) is 0.485. The Morgan fingerprint density at radius 3 is 2.25 bits per heavy atom. The zero-order chi connectivity index (χ0) is 20.5. The summed E-state index contributed by atoms with van der Waals surface area (Å²) in [6, 6.07) is 10.3. The summed E-state index contributed by atoms with van der Waals surface area (Å²) in [7, 11) is 4.43. The fraction of sp³-hybridized carbons (Fsp3) is 0.263. The number of thioether (sulfide) groups is 1. The van der Waals surface area contributed by atoms with Gasteiger partial charge in [0.15, 0.2) is 18.1 Å². The van der Waals surface area contributed by atoms with Gasteiger partial charge in [-0.15, -0.1) is 11.8 Å². The average Bonchev–Trinajstić information content (AvgIpc) is 2.70. The molecule has 0 aliphatic heterocycles. The van der Waals surface area contributed by atoms with E-state index >= 15 is 0 Å². The Balaban J connectivity index is 1.88. The van der Waals surface area contributed by atoms with Crippen LogP contribution in [-0.4, -0.2) is 45.6 Å². The van der Waals surface area contributed by atoms with Gasteiger partial charge >= 0.3 is 5.97 Å². The van der Waals surface area contributed by atoms with Crippen molar-refractivity contribution >= 4 is 40.9 Å². The van der Waals surface area contributed by atoms with E-state index in [0.717, 1.165) is 4.90 Å². The first-order valence-electron chi connectivity index (χ1n) is 8.11. The van der Waals surface area contributed by atoms with Gasteiger partial charge in [-0.25, -0.2) is 0 Å². The number of esters is 1. The topological polar surface area (TPSA) is 83.1 Å². The van der Waals surface area contributed by atoms with Crippen LogP contribution in [0.15, 0.2) is 41.3 Å². The second-order valence-electron chi connectivity index (χ2n) is 5.34. The zero-order valence-corrected chi connectivity index (χ0v) is 17.2. The molecule has 0 bridgehead atoms. The van der Waals surface area contributed by atoms with E-state index in [1.807, 2.05) is 6.07 Å². The molecule has 2 aromatic rings. The van der Waals surface area contributed by atoms with Gasteiger partial charge in [-0.05, 0) is 12.1 Å². The lowest BCUT2D eigenvalue weighted by molar-refractivity contribution is -0.144. The lowest BCUT2D eigenvalue weighted by atomic mass is 10.2. The highest BCUT2D eigenvalue weighted by Crippen LogP contribution is 2.39. The highest BCUT2D eigenvalue weighted by molar-refractivity contribution is 8.00. The molecule has 0 aliphatic rings. The molecule has 0 heterocycles. The van der Waals surface area contributed by atoms with Gasteiger partial charge in [-0.3, -0.25) is 9.59 Å². The van der Waals surface area contributed by atoms with Gasteiger partial charge in [0.2, 0.25) is 5.75 Å². The molecule has 0 saturated carbocycles. The number of amides is 1. The van der Waals surface area contributed by atoms with Crippen LogP contribution in [-0.2, 0) is 14.3 Å². The Labute approximate surface area is 172 Å². The Bertz CT molecular complexity index is 820. The standard InChI is InChI=1S/C19H20ClNO6S/c1-24-14-8-12(9-15(25-2)19(14)26-3)21-17(22)10-27-18(23)11-28-16-7-5-4-6-13(16)20/h4-9H,10-11H2,1-3H3,(H,21,22). The van der Waals surface area contributed by atoms with Gasteiger partial charge in [0.05, 0.1) is 32.1 Å². The van der Waals surface area contributed by atoms with Gasteiger partial charge < -0.3 is 24.3 Å². The number of hydrogen-bond acceptors (Lipinski definition) is 7. The molecule has 2 rings (SSSR count). The fourth-order valence-corrected chi connectivity index (χ4v) is 3.27. The molecule has 0 unspecified atom stereocenters. The van der Waals surface area contributed by atoms with E-state index in [-0.39, 0.29) is 5.75 Å². The first-order valence-corrected chi connectivity index (χ1v) is 9.47. The van der Waals surface area contributed by atoms with Crippen molar-refractivity contribution in [2.45, 2.75) is 4.90 Å². The first-order chi connectivity index (χ1) is 13.5. The molecule has 0 aromatic heterocycles. The Morgan fingerprint density at radius 1 is 1.04 bits per heavy atom. The van der Waals surface area contributed by atoms with Crippen LogP contribution in [0.4, 0.5) is 5.69 Å². The van der Waals surface area contributed by atoms with Crippen LogP contribution in [0.25, 0.3) is 0 Å². The largest absolute Gasteiger partial charge is 0.493 e.